The number of rotatable bonds is 3. The maximum absolute atomic E-state index is 12.8. The molecule has 1 aromatic carbocycles. The number of hydrogen-bond acceptors (Lipinski definition) is 3. The molecule has 3 heterocycles. The largest absolute Gasteiger partial charge is 0.336 e. The van der Waals surface area contributed by atoms with Crippen LogP contribution >= 0.6 is 0 Å². The SMILES string of the molecule is Cc1cccc2nc(C(=O)N(C)Cc3ccc4c(c3)CN(C)C4)cn12. The first-order chi connectivity index (χ1) is 12.0. The molecule has 0 radical (unpaired) electrons. The molecule has 4 rings (SSSR count). The van der Waals surface area contributed by atoms with Gasteiger partial charge in [0.25, 0.3) is 5.91 Å². The molecule has 3 aromatic rings. The molecule has 0 saturated carbocycles. The second kappa shape index (κ2) is 6.01. The van der Waals surface area contributed by atoms with Crippen molar-refractivity contribution in [3.63, 3.8) is 0 Å². The average molecular weight is 334 g/mol. The van der Waals surface area contributed by atoms with Crippen LogP contribution < -0.4 is 0 Å². The third-order valence-corrected chi connectivity index (χ3v) is 4.83. The minimum Gasteiger partial charge on any atom is -0.336 e. The van der Waals surface area contributed by atoms with Crippen LogP contribution in [0, 0.1) is 6.92 Å². The van der Waals surface area contributed by atoms with E-state index >= 15 is 0 Å². The zero-order chi connectivity index (χ0) is 17.6. The fourth-order valence-electron chi connectivity index (χ4n) is 3.51. The molecule has 0 atom stereocenters. The fraction of sp³-hybridized carbons (Fsp3) is 0.300. The van der Waals surface area contributed by atoms with Crippen molar-refractivity contribution in [2.24, 2.45) is 0 Å². The van der Waals surface area contributed by atoms with E-state index < -0.39 is 0 Å². The first kappa shape index (κ1) is 15.8. The summed E-state index contributed by atoms with van der Waals surface area (Å²) in [5.41, 5.74) is 6.26. The van der Waals surface area contributed by atoms with Gasteiger partial charge in [0.05, 0.1) is 0 Å². The second-order valence-corrected chi connectivity index (χ2v) is 6.96. The molecule has 5 heteroatoms. The van der Waals surface area contributed by atoms with Crippen molar-refractivity contribution in [3.05, 3.63) is 70.7 Å². The van der Waals surface area contributed by atoms with Gasteiger partial charge in [-0.05, 0) is 42.8 Å². The van der Waals surface area contributed by atoms with Crippen molar-refractivity contribution in [3.8, 4) is 0 Å². The molecular formula is C20H22N4O. The molecule has 25 heavy (non-hydrogen) atoms. The number of aryl methyl sites for hydroxylation is 1. The molecule has 0 fully saturated rings. The smallest absolute Gasteiger partial charge is 0.274 e. The Morgan fingerprint density at radius 1 is 1.20 bits per heavy atom. The standard InChI is InChI=1S/C20H22N4O/c1-14-5-4-6-19-21-18(13-24(14)19)20(25)23(3)10-15-7-8-16-11-22(2)12-17(16)9-15/h4-9,13H,10-12H2,1-3H3. The molecule has 1 aliphatic rings. The van der Waals surface area contributed by atoms with E-state index in [-0.39, 0.29) is 5.91 Å². The van der Waals surface area contributed by atoms with Crippen LogP contribution in [0.2, 0.25) is 0 Å². The molecule has 0 N–H and O–H groups in total. The fourth-order valence-corrected chi connectivity index (χ4v) is 3.51. The Morgan fingerprint density at radius 3 is 2.80 bits per heavy atom. The molecule has 1 amide bonds. The van der Waals surface area contributed by atoms with E-state index in [1.165, 1.54) is 11.1 Å². The van der Waals surface area contributed by atoms with Crippen LogP contribution in [-0.2, 0) is 19.6 Å². The van der Waals surface area contributed by atoms with Gasteiger partial charge in [0, 0.05) is 38.6 Å². The van der Waals surface area contributed by atoms with Crippen LogP contribution in [0.4, 0.5) is 0 Å². The van der Waals surface area contributed by atoms with Gasteiger partial charge in [-0.15, -0.1) is 0 Å². The maximum Gasteiger partial charge on any atom is 0.274 e. The number of pyridine rings is 1. The molecule has 0 aliphatic carbocycles. The van der Waals surface area contributed by atoms with Gasteiger partial charge in [-0.3, -0.25) is 9.69 Å². The van der Waals surface area contributed by atoms with E-state index in [0.29, 0.717) is 12.2 Å². The van der Waals surface area contributed by atoms with E-state index in [2.05, 4.69) is 35.1 Å². The Labute approximate surface area is 147 Å². The molecule has 0 spiro atoms. The van der Waals surface area contributed by atoms with Crippen LogP contribution in [0.5, 0.6) is 0 Å². The lowest BCUT2D eigenvalue weighted by Crippen LogP contribution is -2.26. The van der Waals surface area contributed by atoms with Crippen molar-refractivity contribution in [2.75, 3.05) is 14.1 Å². The Kier molecular flexibility index (Phi) is 3.81. The summed E-state index contributed by atoms with van der Waals surface area (Å²) in [4.78, 5) is 21.3. The first-order valence-electron chi connectivity index (χ1n) is 8.50. The number of carbonyl (C=O) groups is 1. The first-order valence-corrected chi connectivity index (χ1v) is 8.50. The number of benzene rings is 1. The number of hydrogen-bond donors (Lipinski definition) is 0. The predicted molar refractivity (Wildman–Crippen MR) is 97.3 cm³/mol. The summed E-state index contributed by atoms with van der Waals surface area (Å²) in [5.74, 6) is -0.0549. The predicted octanol–water partition coefficient (Wildman–Crippen LogP) is 2.86. The molecule has 0 unspecified atom stereocenters. The van der Waals surface area contributed by atoms with Gasteiger partial charge in [0.15, 0.2) is 0 Å². The van der Waals surface area contributed by atoms with Gasteiger partial charge < -0.3 is 9.30 Å². The summed E-state index contributed by atoms with van der Waals surface area (Å²) in [6.45, 7) is 4.58. The number of imidazole rings is 1. The van der Waals surface area contributed by atoms with Crippen molar-refractivity contribution in [1.82, 2.24) is 19.2 Å². The van der Waals surface area contributed by atoms with Gasteiger partial charge in [-0.1, -0.05) is 24.3 Å². The highest BCUT2D eigenvalue weighted by molar-refractivity contribution is 5.92. The van der Waals surface area contributed by atoms with Crippen LogP contribution in [0.3, 0.4) is 0 Å². The Morgan fingerprint density at radius 2 is 2.00 bits per heavy atom. The van der Waals surface area contributed by atoms with E-state index in [4.69, 9.17) is 0 Å². The lowest BCUT2D eigenvalue weighted by Gasteiger charge is -2.16. The maximum atomic E-state index is 12.8. The molecule has 5 nitrogen and oxygen atoms in total. The summed E-state index contributed by atoms with van der Waals surface area (Å²) in [6.07, 6.45) is 1.82. The number of amides is 1. The van der Waals surface area contributed by atoms with Gasteiger partial charge in [-0.2, -0.15) is 0 Å². The molecular weight excluding hydrogens is 312 g/mol. The van der Waals surface area contributed by atoms with Crippen LogP contribution in [-0.4, -0.2) is 39.2 Å². The van der Waals surface area contributed by atoms with E-state index in [1.54, 1.807) is 4.90 Å². The average Bonchev–Trinajstić information content (AvgIpc) is 3.17. The highest BCUT2D eigenvalue weighted by Gasteiger charge is 2.19. The third kappa shape index (κ3) is 2.91. The molecule has 2 aromatic heterocycles. The van der Waals surface area contributed by atoms with Gasteiger partial charge >= 0.3 is 0 Å². The van der Waals surface area contributed by atoms with Crippen LogP contribution in [0.1, 0.15) is 32.9 Å². The van der Waals surface area contributed by atoms with Crippen molar-refractivity contribution < 1.29 is 4.79 Å². The number of aromatic nitrogens is 2. The van der Waals surface area contributed by atoms with Crippen molar-refractivity contribution >= 4 is 11.6 Å². The van der Waals surface area contributed by atoms with E-state index in [9.17, 15) is 4.79 Å². The second-order valence-electron chi connectivity index (χ2n) is 6.96. The highest BCUT2D eigenvalue weighted by atomic mass is 16.2. The minimum absolute atomic E-state index is 0.0549. The topological polar surface area (TPSA) is 40.9 Å². The zero-order valence-corrected chi connectivity index (χ0v) is 14.9. The lowest BCUT2D eigenvalue weighted by atomic mass is 10.1. The van der Waals surface area contributed by atoms with Gasteiger partial charge in [0.1, 0.15) is 11.3 Å². The summed E-state index contributed by atoms with van der Waals surface area (Å²) in [7, 11) is 3.96. The van der Waals surface area contributed by atoms with Crippen LogP contribution in [0.15, 0.2) is 42.6 Å². The lowest BCUT2D eigenvalue weighted by molar-refractivity contribution is 0.0780. The summed E-state index contributed by atoms with van der Waals surface area (Å²) in [5, 5.41) is 0. The summed E-state index contributed by atoms with van der Waals surface area (Å²) >= 11 is 0. The number of carbonyl (C=O) groups excluding carboxylic acids is 1. The minimum atomic E-state index is -0.0549. The van der Waals surface area contributed by atoms with Crippen molar-refractivity contribution in [1.29, 1.82) is 0 Å². The quantitative estimate of drug-likeness (QED) is 0.739. The van der Waals surface area contributed by atoms with Gasteiger partial charge in [-0.25, -0.2) is 4.98 Å². The number of nitrogens with zero attached hydrogens (tertiary/aromatic N) is 4. The third-order valence-electron chi connectivity index (χ3n) is 4.83. The van der Waals surface area contributed by atoms with Gasteiger partial charge in [0.2, 0.25) is 0 Å². The number of fused-ring (bicyclic) bond motifs is 2. The van der Waals surface area contributed by atoms with Crippen LogP contribution in [0.25, 0.3) is 5.65 Å². The monoisotopic (exact) mass is 334 g/mol. The van der Waals surface area contributed by atoms with Crippen molar-refractivity contribution in [2.45, 2.75) is 26.6 Å². The Bertz CT molecular complexity index is 959. The zero-order valence-electron chi connectivity index (χ0n) is 14.9. The molecule has 0 bridgehead atoms. The Hall–Kier alpha value is -2.66. The van der Waals surface area contributed by atoms with E-state index in [0.717, 1.165) is 30.0 Å². The summed E-state index contributed by atoms with van der Waals surface area (Å²) < 4.78 is 1.95. The molecule has 1 aliphatic heterocycles. The van der Waals surface area contributed by atoms with E-state index in [1.807, 2.05) is 42.8 Å². The molecule has 0 saturated heterocycles. The Balaban J connectivity index is 1.54. The molecule has 128 valence electrons. The normalized spacial score (nSPS) is 14.0. The summed E-state index contributed by atoms with van der Waals surface area (Å²) in [6, 6.07) is 12.4. The highest BCUT2D eigenvalue weighted by Crippen LogP contribution is 2.23.